The van der Waals surface area contributed by atoms with E-state index >= 15 is 0 Å². The zero-order chi connectivity index (χ0) is 14.7. The van der Waals surface area contributed by atoms with Gasteiger partial charge in [0.2, 0.25) is 0 Å². The Kier molecular flexibility index (Phi) is 4.34. The van der Waals surface area contributed by atoms with Crippen LogP contribution in [-0.2, 0) is 6.54 Å². The minimum absolute atomic E-state index is 0.428. The van der Waals surface area contributed by atoms with Crippen LogP contribution in [0.25, 0.3) is 10.9 Å². The molecule has 0 saturated carbocycles. The number of benzene rings is 1. The molecule has 1 aromatic carbocycles. The quantitative estimate of drug-likeness (QED) is 0.743. The molecule has 108 valence electrons. The van der Waals surface area contributed by atoms with Gasteiger partial charge in [0.1, 0.15) is 11.9 Å². The number of pyridine rings is 1. The van der Waals surface area contributed by atoms with Gasteiger partial charge in [-0.05, 0) is 29.8 Å². The summed E-state index contributed by atoms with van der Waals surface area (Å²) < 4.78 is 6.21. The number of aliphatic hydroxyl groups excluding tert-OH is 1. The first kappa shape index (κ1) is 14.3. The molecule has 0 aliphatic carbocycles. The van der Waals surface area contributed by atoms with Gasteiger partial charge in [-0.2, -0.15) is 0 Å². The highest BCUT2D eigenvalue weighted by molar-refractivity contribution is 9.10. The number of nitrogens with zero attached hydrogens (tertiary/aromatic N) is 1. The highest BCUT2D eigenvalue weighted by Crippen LogP contribution is 2.25. The Balaban J connectivity index is 1.70. The van der Waals surface area contributed by atoms with Gasteiger partial charge in [-0.1, -0.05) is 28.1 Å². The van der Waals surface area contributed by atoms with Crippen molar-refractivity contribution in [3.05, 3.63) is 64.7 Å². The molecule has 2 N–H and O–H groups in total. The van der Waals surface area contributed by atoms with Crippen LogP contribution in [0.4, 0.5) is 0 Å². The second-order valence-electron chi connectivity index (χ2n) is 4.77. The number of rotatable bonds is 5. The second kappa shape index (κ2) is 6.39. The molecule has 1 unspecified atom stereocenters. The Bertz CT molecular complexity index is 728. The molecule has 3 aromatic rings. The standard InChI is InChI=1S/C16H15BrN2O2/c17-13-6-5-11(16-12(13)3-1-7-19-16)9-18-10-14(20)15-4-2-8-21-15/h1-8,14,18,20H,9-10H2. The zero-order valence-corrected chi connectivity index (χ0v) is 12.9. The Morgan fingerprint density at radius 3 is 2.95 bits per heavy atom. The Hall–Kier alpha value is -1.69. The van der Waals surface area contributed by atoms with Gasteiger partial charge in [-0.15, -0.1) is 0 Å². The third-order valence-electron chi connectivity index (χ3n) is 3.32. The van der Waals surface area contributed by atoms with Gasteiger partial charge in [-0.25, -0.2) is 0 Å². The Morgan fingerprint density at radius 1 is 1.24 bits per heavy atom. The predicted molar refractivity (Wildman–Crippen MR) is 84.8 cm³/mol. The van der Waals surface area contributed by atoms with Crippen molar-refractivity contribution in [3.63, 3.8) is 0 Å². The normalized spacial score (nSPS) is 12.7. The monoisotopic (exact) mass is 346 g/mol. The fourth-order valence-corrected chi connectivity index (χ4v) is 2.72. The minimum atomic E-state index is -0.644. The van der Waals surface area contributed by atoms with Crippen LogP contribution in [-0.4, -0.2) is 16.6 Å². The van der Waals surface area contributed by atoms with Crippen LogP contribution in [0.3, 0.4) is 0 Å². The van der Waals surface area contributed by atoms with Gasteiger partial charge in [0, 0.05) is 29.1 Å². The first-order valence-electron chi connectivity index (χ1n) is 6.70. The van der Waals surface area contributed by atoms with E-state index in [9.17, 15) is 5.11 Å². The zero-order valence-electron chi connectivity index (χ0n) is 11.3. The average molecular weight is 347 g/mol. The summed E-state index contributed by atoms with van der Waals surface area (Å²) in [6, 6.07) is 11.5. The molecule has 0 radical (unpaired) electrons. The van der Waals surface area contributed by atoms with E-state index in [1.165, 1.54) is 0 Å². The highest BCUT2D eigenvalue weighted by atomic mass is 79.9. The van der Waals surface area contributed by atoms with E-state index in [4.69, 9.17) is 4.42 Å². The number of aromatic nitrogens is 1. The van der Waals surface area contributed by atoms with Gasteiger partial charge >= 0.3 is 0 Å². The van der Waals surface area contributed by atoms with Crippen LogP contribution in [0, 0.1) is 0 Å². The van der Waals surface area contributed by atoms with Gasteiger partial charge in [-0.3, -0.25) is 4.98 Å². The van der Waals surface area contributed by atoms with Crippen LogP contribution in [0.15, 0.2) is 57.7 Å². The lowest BCUT2D eigenvalue weighted by Crippen LogP contribution is -2.21. The molecule has 2 heterocycles. The van der Waals surface area contributed by atoms with Crippen LogP contribution in [0.1, 0.15) is 17.4 Å². The van der Waals surface area contributed by atoms with Crippen molar-refractivity contribution in [3.8, 4) is 0 Å². The number of fused-ring (bicyclic) bond motifs is 1. The maximum absolute atomic E-state index is 9.97. The predicted octanol–water partition coefficient (Wildman–Crippen LogP) is 3.41. The summed E-state index contributed by atoms with van der Waals surface area (Å²) in [4.78, 5) is 4.44. The number of hydrogen-bond donors (Lipinski definition) is 2. The van der Waals surface area contributed by atoms with Crippen molar-refractivity contribution >= 4 is 26.8 Å². The summed E-state index contributed by atoms with van der Waals surface area (Å²) >= 11 is 3.54. The summed E-state index contributed by atoms with van der Waals surface area (Å²) in [7, 11) is 0. The van der Waals surface area contributed by atoms with E-state index in [2.05, 4.69) is 26.2 Å². The van der Waals surface area contributed by atoms with Crippen LogP contribution >= 0.6 is 15.9 Å². The molecule has 21 heavy (non-hydrogen) atoms. The first-order valence-corrected chi connectivity index (χ1v) is 7.49. The average Bonchev–Trinajstić information content (AvgIpc) is 3.04. The summed E-state index contributed by atoms with van der Waals surface area (Å²) in [6.45, 7) is 1.07. The molecular formula is C16H15BrN2O2. The number of furan rings is 1. The molecule has 0 aliphatic rings. The first-order chi connectivity index (χ1) is 10.3. The fraction of sp³-hybridized carbons (Fsp3) is 0.188. The van der Waals surface area contributed by atoms with Gasteiger partial charge < -0.3 is 14.8 Å². The third kappa shape index (κ3) is 3.15. The van der Waals surface area contributed by atoms with Crippen molar-refractivity contribution < 1.29 is 9.52 Å². The smallest absolute Gasteiger partial charge is 0.133 e. The molecule has 4 nitrogen and oxygen atoms in total. The van der Waals surface area contributed by atoms with Crippen molar-refractivity contribution in [1.82, 2.24) is 10.3 Å². The van der Waals surface area contributed by atoms with Crippen LogP contribution < -0.4 is 5.32 Å². The molecule has 0 spiro atoms. The summed E-state index contributed by atoms with van der Waals surface area (Å²) in [5.74, 6) is 0.571. The summed E-state index contributed by atoms with van der Waals surface area (Å²) in [5, 5.41) is 14.3. The molecule has 3 rings (SSSR count). The van der Waals surface area contributed by atoms with Crippen molar-refractivity contribution in [2.24, 2.45) is 0 Å². The molecule has 5 heteroatoms. The van der Waals surface area contributed by atoms with E-state index < -0.39 is 6.10 Å². The summed E-state index contributed by atoms with van der Waals surface area (Å²) in [5.41, 5.74) is 2.06. The lowest BCUT2D eigenvalue weighted by Gasteiger charge is -2.11. The fourth-order valence-electron chi connectivity index (χ4n) is 2.26. The van der Waals surface area contributed by atoms with Gasteiger partial charge in [0.05, 0.1) is 11.8 Å². The second-order valence-corrected chi connectivity index (χ2v) is 5.62. The van der Waals surface area contributed by atoms with Crippen molar-refractivity contribution in [1.29, 1.82) is 0 Å². The topological polar surface area (TPSA) is 58.3 Å². The largest absolute Gasteiger partial charge is 0.467 e. The van der Waals surface area contributed by atoms with E-state index in [1.807, 2.05) is 24.3 Å². The molecule has 1 atom stereocenters. The Labute approximate surface area is 130 Å². The van der Waals surface area contributed by atoms with E-state index in [0.717, 1.165) is 20.9 Å². The van der Waals surface area contributed by atoms with Crippen molar-refractivity contribution in [2.45, 2.75) is 12.6 Å². The number of hydrogen-bond acceptors (Lipinski definition) is 4. The van der Waals surface area contributed by atoms with Gasteiger partial charge in [0.15, 0.2) is 0 Å². The molecule has 0 saturated heterocycles. The lowest BCUT2D eigenvalue weighted by molar-refractivity contribution is 0.147. The van der Waals surface area contributed by atoms with Crippen molar-refractivity contribution in [2.75, 3.05) is 6.54 Å². The van der Waals surface area contributed by atoms with Crippen LogP contribution in [0.5, 0.6) is 0 Å². The van der Waals surface area contributed by atoms with E-state index in [1.54, 1.807) is 24.6 Å². The third-order valence-corrected chi connectivity index (χ3v) is 4.02. The molecule has 0 bridgehead atoms. The van der Waals surface area contributed by atoms with Crippen LogP contribution in [0.2, 0.25) is 0 Å². The minimum Gasteiger partial charge on any atom is -0.467 e. The molecule has 0 fully saturated rings. The number of nitrogens with one attached hydrogen (secondary N) is 1. The number of halogens is 1. The van der Waals surface area contributed by atoms with E-state index in [0.29, 0.717) is 18.8 Å². The lowest BCUT2D eigenvalue weighted by atomic mass is 10.1. The molecular weight excluding hydrogens is 332 g/mol. The number of aliphatic hydroxyl groups is 1. The SMILES string of the molecule is OC(CNCc1ccc(Br)c2cccnc12)c1ccco1. The molecule has 0 aliphatic heterocycles. The maximum atomic E-state index is 9.97. The molecule has 0 amide bonds. The summed E-state index contributed by atoms with van der Waals surface area (Å²) in [6.07, 6.45) is 2.70. The Morgan fingerprint density at radius 2 is 2.14 bits per heavy atom. The van der Waals surface area contributed by atoms with E-state index in [-0.39, 0.29) is 0 Å². The highest BCUT2D eigenvalue weighted by Gasteiger charge is 2.10. The van der Waals surface area contributed by atoms with Gasteiger partial charge in [0.25, 0.3) is 0 Å². The maximum Gasteiger partial charge on any atom is 0.133 e. The molecule has 2 aromatic heterocycles.